The molecule has 1 aliphatic heterocycles. The first kappa shape index (κ1) is 24.3. The third-order valence-corrected chi connectivity index (χ3v) is 5.83. The minimum atomic E-state index is -0.986. The van der Waals surface area contributed by atoms with E-state index in [2.05, 4.69) is 15.9 Å². The SMILES string of the molecule is CCOC(=O)[C@H](C)N1C(=O)S/C(=C/c2cc(Br)c(O[C@H](C)CC)c(OCC)c2)C1=O. The molecule has 0 bridgehead atoms. The van der Waals surface area contributed by atoms with E-state index in [1.54, 1.807) is 25.1 Å². The van der Waals surface area contributed by atoms with Gasteiger partial charge in [0.1, 0.15) is 6.04 Å². The molecule has 1 fully saturated rings. The van der Waals surface area contributed by atoms with Crippen LogP contribution in [0.2, 0.25) is 0 Å². The van der Waals surface area contributed by atoms with Crippen LogP contribution in [0.3, 0.4) is 0 Å². The third-order valence-electron chi connectivity index (χ3n) is 4.36. The largest absolute Gasteiger partial charge is 0.490 e. The maximum atomic E-state index is 12.8. The van der Waals surface area contributed by atoms with Crippen molar-refractivity contribution in [2.45, 2.75) is 53.2 Å². The highest BCUT2D eigenvalue weighted by Crippen LogP contribution is 2.40. The average molecular weight is 500 g/mol. The van der Waals surface area contributed by atoms with Gasteiger partial charge in [0.25, 0.3) is 11.1 Å². The summed E-state index contributed by atoms with van der Waals surface area (Å²) in [5.41, 5.74) is 0.663. The Balaban J connectivity index is 2.35. The molecule has 0 saturated carbocycles. The van der Waals surface area contributed by atoms with Crippen molar-refractivity contribution in [1.82, 2.24) is 4.90 Å². The van der Waals surface area contributed by atoms with Crippen LogP contribution in [-0.2, 0) is 14.3 Å². The smallest absolute Gasteiger partial charge is 0.329 e. The van der Waals surface area contributed by atoms with Crippen LogP contribution in [0.15, 0.2) is 21.5 Å². The highest BCUT2D eigenvalue weighted by atomic mass is 79.9. The van der Waals surface area contributed by atoms with Gasteiger partial charge in [-0.05, 0) is 85.6 Å². The van der Waals surface area contributed by atoms with Crippen LogP contribution in [0.4, 0.5) is 4.79 Å². The predicted molar refractivity (Wildman–Crippen MR) is 120 cm³/mol. The van der Waals surface area contributed by atoms with Gasteiger partial charge in [0.2, 0.25) is 0 Å². The molecule has 1 aliphatic rings. The molecule has 2 atom stereocenters. The number of amides is 2. The van der Waals surface area contributed by atoms with Crippen LogP contribution in [0.5, 0.6) is 11.5 Å². The fourth-order valence-electron chi connectivity index (χ4n) is 2.67. The van der Waals surface area contributed by atoms with Crippen LogP contribution in [0.25, 0.3) is 6.08 Å². The zero-order valence-corrected chi connectivity index (χ0v) is 20.1. The Bertz CT molecular complexity index is 856. The lowest BCUT2D eigenvalue weighted by atomic mass is 10.1. The Kier molecular flexibility index (Phi) is 8.78. The molecule has 1 heterocycles. The van der Waals surface area contributed by atoms with Crippen molar-refractivity contribution in [1.29, 1.82) is 0 Å². The molecule has 0 spiro atoms. The molecule has 164 valence electrons. The number of nitrogens with zero attached hydrogens (tertiary/aromatic N) is 1. The van der Waals surface area contributed by atoms with Gasteiger partial charge in [0.05, 0.1) is 28.7 Å². The van der Waals surface area contributed by atoms with Crippen LogP contribution < -0.4 is 9.47 Å². The van der Waals surface area contributed by atoms with E-state index in [-0.39, 0.29) is 17.6 Å². The summed E-state index contributed by atoms with van der Waals surface area (Å²) in [6.07, 6.45) is 2.45. The van der Waals surface area contributed by atoms with Crippen molar-refractivity contribution in [3.05, 3.63) is 27.1 Å². The molecule has 0 aliphatic carbocycles. The van der Waals surface area contributed by atoms with Gasteiger partial charge in [0.15, 0.2) is 11.5 Å². The quantitative estimate of drug-likeness (QED) is 0.348. The van der Waals surface area contributed by atoms with Crippen molar-refractivity contribution in [3.63, 3.8) is 0 Å². The van der Waals surface area contributed by atoms with Gasteiger partial charge in [-0.15, -0.1) is 0 Å². The van der Waals surface area contributed by atoms with Crippen LogP contribution in [-0.4, -0.2) is 47.4 Å². The fourth-order valence-corrected chi connectivity index (χ4v) is 4.13. The molecule has 1 aromatic carbocycles. The number of hydrogen-bond donors (Lipinski definition) is 0. The van der Waals surface area contributed by atoms with Crippen molar-refractivity contribution < 1.29 is 28.6 Å². The number of thioether (sulfide) groups is 1. The van der Waals surface area contributed by atoms with E-state index in [0.717, 1.165) is 23.1 Å². The Morgan fingerprint density at radius 3 is 2.50 bits per heavy atom. The number of ether oxygens (including phenoxy) is 3. The van der Waals surface area contributed by atoms with Gasteiger partial charge in [0, 0.05) is 0 Å². The molecule has 0 radical (unpaired) electrons. The second-order valence-corrected chi connectivity index (χ2v) is 8.43. The molecule has 9 heteroatoms. The number of esters is 1. The average Bonchev–Trinajstić information content (AvgIpc) is 2.97. The molecule has 1 aromatic rings. The fraction of sp³-hybridized carbons (Fsp3) is 0.476. The number of imide groups is 1. The number of rotatable bonds is 9. The Morgan fingerprint density at radius 2 is 1.90 bits per heavy atom. The molecular formula is C21H26BrNO6S. The predicted octanol–water partition coefficient (Wildman–Crippen LogP) is 5.01. The van der Waals surface area contributed by atoms with Gasteiger partial charge in [-0.25, -0.2) is 4.79 Å². The molecule has 0 aromatic heterocycles. The van der Waals surface area contributed by atoms with E-state index in [1.165, 1.54) is 6.92 Å². The Labute approximate surface area is 189 Å². The number of benzene rings is 1. The van der Waals surface area contributed by atoms with Crippen LogP contribution in [0.1, 0.15) is 46.6 Å². The summed E-state index contributed by atoms with van der Waals surface area (Å²) in [6.45, 7) is 9.63. The van der Waals surface area contributed by atoms with Gasteiger partial charge in [-0.3, -0.25) is 14.5 Å². The van der Waals surface area contributed by atoms with E-state index in [9.17, 15) is 14.4 Å². The second kappa shape index (κ2) is 10.9. The highest BCUT2D eigenvalue weighted by molar-refractivity contribution is 9.10. The first-order chi connectivity index (χ1) is 14.2. The summed E-state index contributed by atoms with van der Waals surface area (Å²) in [4.78, 5) is 38.2. The normalized spacial score (nSPS) is 17.3. The molecule has 0 N–H and O–H groups in total. The lowest BCUT2D eigenvalue weighted by Gasteiger charge is -2.19. The Morgan fingerprint density at radius 1 is 1.20 bits per heavy atom. The number of carbonyl (C=O) groups excluding carboxylic acids is 3. The molecule has 30 heavy (non-hydrogen) atoms. The summed E-state index contributed by atoms with van der Waals surface area (Å²) < 4.78 is 17.3. The van der Waals surface area contributed by atoms with E-state index < -0.39 is 23.2 Å². The topological polar surface area (TPSA) is 82.1 Å². The summed E-state index contributed by atoms with van der Waals surface area (Å²) in [7, 11) is 0. The highest BCUT2D eigenvalue weighted by Gasteiger charge is 2.41. The molecule has 2 rings (SSSR count). The van der Waals surface area contributed by atoms with Crippen molar-refractivity contribution in [3.8, 4) is 11.5 Å². The third kappa shape index (κ3) is 5.57. The number of hydrogen-bond acceptors (Lipinski definition) is 7. The van der Waals surface area contributed by atoms with Gasteiger partial charge >= 0.3 is 5.97 Å². The summed E-state index contributed by atoms with van der Waals surface area (Å²) in [6, 6.07) is 2.57. The zero-order chi connectivity index (χ0) is 22.4. The minimum Gasteiger partial charge on any atom is -0.490 e. The molecule has 2 amide bonds. The van der Waals surface area contributed by atoms with Gasteiger partial charge in [-0.1, -0.05) is 6.92 Å². The number of carbonyl (C=O) groups is 3. The van der Waals surface area contributed by atoms with Gasteiger partial charge < -0.3 is 14.2 Å². The second-order valence-electron chi connectivity index (χ2n) is 6.58. The molecule has 7 nitrogen and oxygen atoms in total. The van der Waals surface area contributed by atoms with E-state index in [4.69, 9.17) is 14.2 Å². The minimum absolute atomic E-state index is 0.00669. The number of halogens is 1. The molecule has 0 unspecified atom stereocenters. The van der Waals surface area contributed by atoms with Crippen molar-refractivity contribution >= 4 is 50.9 Å². The molecular weight excluding hydrogens is 474 g/mol. The summed E-state index contributed by atoms with van der Waals surface area (Å²) in [5.74, 6) is -0.0153. The first-order valence-electron chi connectivity index (χ1n) is 9.80. The van der Waals surface area contributed by atoms with Crippen LogP contribution in [0, 0.1) is 0 Å². The van der Waals surface area contributed by atoms with E-state index >= 15 is 0 Å². The monoisotopic (exact) mass is 499 g/mol. The standard InChI is InChI=1S/C21H26BrNO6S/c1-6-12(4)29-18-15(22)9-14(10-16(18)27-7-2)11-17-19(24)23(21(26)30-17)13(5)20(25)28-8-3/h9-13H,6-8H2,1-5H3/b17-11+/t12-,13+/m1/s1. The van der Waals surface area contributed by atoms with E-state index in [0.29, 0.717) is 28.1 Å². The lowest BCUT2D eigenvalue weighted by Crippen LogP contribution is -2.42. The maximum absolute atomic E-state index is 12.8. The summed E-state index contributed by atoms with van der Waals surface area (Å²) >= 11 is 4.30. The van der Waals surface area contributed by atoms with Crippen LogP contribution >= 0.6 is 27.7 Å². The van der Waals surface area contributed by atoms with E-state index in [1.807, 2.05) is 20.8 Å². The Hall–Kier alpha value is -2.00. The van der Waals surface area contributed by atoms with Crippen molar-refractivity contribution in [2.24, 2.45) is 0 Å². The zero-order valence-electron chi connectivity index (χ0n) is 17.7. The summed E-state index contributed by atoms with van der Waals surface area (Å²) in [5, 5.41) is -0.507. The van der Waals surface area contributed by atoms with Crippen molar-refractivity contribution in [2.75, 3.05) is 13.2 Å². The lowest BCUT2D eigenvalue weighted by molar-refractivity contribution is -0.150. The molecule has 1 saturated heterocycles. The van der Waals surface area contributed by atoms with Gasteiger partial charge in [-0.2, -0.15) is 0 Å². The maximum Gasteiger partial charge on any atom is 0.329 e. The first-order valence-corrected chi connectivity index (χ1v) is 11.4.